The maximum atomic E-state index is 4.14. The minimum Gasteiger partial charge on any atom is -0.159 e. The number of hydrogen-bond donors (Lipinski definition) is 0. The Labute approximate surface area is 153 Å². The summed E-state index contributed by atoms with van der Waals surface area (Å²) in [6.45, 7) is 5.32. The van der Waals surface area contributed by atoms with Crippen molar-refractivity contribution in [3.8, 4) is 0 Å². The van der Waals surface area contributed by atoms with Crippen molar-refractivity contribution in [2.45, 2.75) is 84.0 Å². The summed E-state index contributed by atoms with van der Waals surface area (Å²) in [6, 6.07) is 2.20. The Morgan fingerprint density at radius 1 is 0.920 bits per heavy atom. The summed E-state index contributed by atoms with van der Waals surface area (Å²) in [5, 5.41) is 8.12. The highest BCUT2D eigenvalue weighted by Gasteiger charge is 2.57. The lowest BCUT2D eigenvalue weighted by atomic mass is 9.44. The third kappa shape index (κ3) is 2.42. The van der Waals surface area contributed by atoms with Gasteiger partial charge < -0.3 is 0 Å². The summed E-state index contributed by atoms with van der Waals surface area (Å²) >= 11 is 0. The Kier molecular flexibility index (Phi) is 3.77. The number of fused-ring (bicyclic) bond motifs is 5. The molecule has 4 fully saturated rings. The van der Waals surface area contributed by atoms with Crippen LogP contribution in [0.3, 0.4) is 0 Å². The zero-order valence-electron chi connectivity index (χ0n) is 16.1. The molecule has 4 saturated carbocycles. The Balaban J connectivity index is 1.38. The van der Waals surface area contributed by atoms with Crippen LogP contribution in [0.15, 0.2) is 18.5 Å². The molecule has 0 amide bonds. The second-order valence-corrected chi connectivity index (χ2v) is 10.4. The van der Waals surface area contributed by atoms with E-state index < -0.39 is 0 Å². The smallest absolute Gasteiger partial charge is 0.0531 e. The van der Waals surface area contributed by atoms with Crippen molar-refractivity contribution in [3.05, 3.63) is 24.0 Å². The average Bonchev–Trinajstić information content (AvgIpc) is 3.03. The van der Waals surface area contributed by atoms with Gasteiger partial charge in [0.05, 0.1) is 6.20 Å². The minimum atomic E-state index is 0.615. The molecule has 25 heavy (non-hydrogen) atoms. The number of nitrogens with zero attached hydrogens (tertiary/aromatic N) is 2. The minimum absolute atomic E-state index is 0.615. The van der Waals surface area contributed by atoms with Crippen LogP contribution in [-0.2, 0) is 0 Å². The van der Waals surface area contributed by atoms with Gasteiger partial charge in [0, 0.05) is 6.20 Å². The zero-order chi connectivity index (χ0) is 17.1. The molecule has 1 aromatic heterocycles. The Hall–Kier alpha value is -0.920. The highest BCUT2D eigenvalue weighted by Crippen LogP contribution is 2.67. The lowest BCUT2D eigenvalue weighted by Crippen LogP contribution is -2.52. The molecular formula is C23H34N2. The van der Waals surface area contributed by atoms with Gasteiger partial charge in [-0.1, -0.05) is 20.3 Å². The molecule has 7 atom stereocenters. The summed E-state index contributed by atoms with van der Waals surface area (Å²) in [7, 11) is 0. The van der Waals surface area contributed by atoms with E-state index in [0.29, 0.717) is 10.8 Å². The molecule has 5 rings (SSSR count). The molecular weight excluding hydrogens is 304 g/mol. The van der Waals surface area contributed by atoms with Gasteiger partial charge >= 0.3 is 0 Å². The molecule has 0 bridgehead atoms. The van der Waals surface area contributed by atoms with Crippen LogP contribution in [0.2, 0.25) is 0 Å². The number of rotatable bonds is 1. The van der Waals surface area contributed by atoms with Crippen molar-refractivity contribution in [1.82, 2.24) is 10.2 Å². The molecule has 1 aromatic rings. The molecule has 0 radical (unpaired) electrons. The molecule has 0 N–H and O–H groups in total. The molecule has 4 aliphatic carbocycles. The van der Waals surface area contributed by atoms with E-state index in [2.05, 4.69) is 30.1 Å². The third-order valence-corrected chi connectivity index (χ3v) is 9.53. The Morgan fingerprint density at radius 2 is 1.84 bits per heavy atom. The van der Waals surface area contributed by atoms with E-state index in [-0.39, 0.29) is 0 Å². The van der Waals surface area contributed by atoms with E-state index in [1.807, 2.05) is 12.4 Å². The molecule has 0 aliphatic heterocycles. The van der Waals surface area contributed by atoms with Gasteiger partial charge in [0.2, 0.25) is 0 Å². The summed E-state index contributed by atoms with van der Waals surface area (Å²) < 4.78 is 0. The van der Waals surface area contributed by atoms with Gasteiger partial charge in [-0.15, -0.1) is 0 Å². The Bertz CT molecular complexity index is 628. The van der Waals surface area contributed by atoms with Crippen LogP contribution in [0, 0.1) is 34.5 Å². The molecule has 2 heteroatoms. The molecule has 0 spiro atoms. The molecule has 1 heterocycles. The van der Waals surface area contributed by atoms with Crippen LogP contribution < -0.4 is 0 Å². The van der Waals surface area contributed by atoms with E-state index in [9.17, 15) is 0 Å². The van der Waals surface area contributed by atoms with Crippen molar-refractivity contribution in [3.63, 3.8) is 0 Å². The topological polar surface area (TPSA) is 25.8 Å². The van der Waals surface area contributed by atoms with E-state index in [1.165, 1.54) is 69.8 Å². The van der Waals surface area contributed by atoms with E-state index >= 15 is 0 Å². The van der Waals surface area contributed by atoms with Crippen LogP contribution in [0.5, 0.6) is 0 Å². The first-order chi connectivity index (χ1) is 12.1. The van der Waals surface area contributed by atoms with E-state index in [4.69, 9.17) is 0 Å². The van der Waals surface area contributed by atoms with E-state index in [1.54, 1.807) is 0 Å². The normalized spacial score (nSPS) is 49.1. The predicted molar refractivity (Wildman–Crippen MR) is 101 cm³/mol. The summed E-state index contributed by atoms with van der Waals surface area (Å²) in [4.78, 5) is 0. The second kappa shape index (κ2) is 5.79. The van der Waals surface area contributed by atoms with Crippen molar-refractivity contribution in [2.75, 3.05) is 0 Å². The standard InChI is InChI=1S/C23H34N2/c1-22-10-3-4-20(22)19-6-5-18-14-16(17-9-13-24-25-15-17)7-12-23(18,2)21(19)8-11-22/h9,13,15-16,18-21H,3-8,10-12,14H2,1-2H3/t16?,18-,19+,20-,21+,22+,23+/m1/s1. The van der Waals surface area contributed by atoms with Crippen LogP contribution in [0.25, 0.3) is 0 Å². The molecule has 1 unspecified atom stereocenters. The predicted octanol–water partition coefficient (Wildman–Crippen LogP) is 5.99. The third-order valence-electron chi connectivity index (χ3n) is 9.53. The van der Waals surface area contributed by atoms with Crippen LogP contribution in [-0.4, -0.2) is 10.2 Å². The first kappa shape index (κ1) is 16.3. The van der Waals surface area contributed by atoms with Gasteiger partial charge in [-0.25, -0.2) is 0 Å². The van der Waals surface area contributed by atoms with Gasteiger partial charge in [0.1, 0.15) is 0 Å². The van der Waals surface area contributed by atoms with Crippen LogP contribution in [0.4, 0.5) is 0 Å². The maximum Gasteiger partial charge on any atom is 0.0531 e. The summed E-state index contributed by atoms with van der Waals surface area (Å²) in [5.41, 5.74) is 2.75. The molecule has 4 aliphatic rings. The number of aromatic nitrogens is 2. The van der Waals surface area contributed by atoms with Crippen LogP contribution >= 0.6 is 0 Å². The second-order valence-electron chi connectivity index (χ2n) is 10.4. The fourth-order valence-corrected chi connectivity index (χ4v) is 8.10. The summed E-state index contributed by atoms with van der Waals surface area (Å²) in [6.07, 6.45) is 18.7. The molecule has 0 aromatic carbocycles. The fraction of sp³-hybridized carbons (Fsp3) is 0.826. The largest absolute Gasteiger partial charge is 0.159 e. The highest BCUT2D eigenvalue weighted by atomic mass is 15.1. The monoisotopic (exact) mass is 338 g/mol. The molecule has 2 nitrogen and oxygen atoms in total. The maximum absolute atomic E-state index is 4.14. The van der Waals surface area contributed by atoms with E-state index in [0.717, 1.165) is 29.6 Å². The van der Waals surface area contributed by atoms with Gasteiger partial charge in [-0.3, -0.25) is 0 Å². The van der Waals surface area contributed by atoms with Gasteiger partial charge in [-0.2, -0.15) is 10.2 Å². The highest BCUT2D eigenvalue weighted by molar-refractivity contribution is 5.16. The first-order valence-corrected chi connectivity index (χ1v) is 10.9. The van der Waals surface area contributed by atoms with Gasteiger partial charge in [-0.05, 0) is 110 Å². The van der Waals surface area contributed by atoms with Crippen molar-refractivity contribution < 1.29 is 0 Å². The summed E-state index contributed by atoms with van der Waals surface area (Å²) in [5.74, 6) is 4.77. The fourth-order valence-electron chi connectivity index (χ4n) is 8.10. The molecule has 0 saturated heterocycles. The lowest BCUT2D eigenvalue weighted by Gasteiger charge is -2.60. The van der Waals surface area contributed by atoms with Crippen LogP contribution in [0.1, 0.15) is 89.5 Å². The van der Waals surface area contributed by atoms with Gasteiger partial charge in [0.15, 0.2) is 0 Å². The van der Waals surface area contributed by atoms with Crippen molar-refractivity contribution >= 4 is 0 Å². The zero-order valence-corrected chi connectivity index (χ0v) is 16.1. The SMILES string of the molecule is C[C@@]12CCC[C@@H]1[C@@H]1CC[C@@H]3CC(c4ccnnc4)CC[C@]3(C)[C@H]1CC2. The van der Waals surface area contributed by atoms with Crippen molar-refractivity contribution in [1.29, 1.82) is 0 Å². The average molecular weight is 339 g/mol. The lowest BCUT2D eigenvalue weighted by molar-refractivity contribution is -0.106. The van der Waals surface area contributed by atoms with Crippen molar-refractivity contribution in [2.24, 2.45) is 34.5 Å². The molecule has 136 valence electrons. The first-order valence-electron chi connectivity index (χ1n) is 10.9. The Morgan fingerprint density at radius 3 is 2.68 bits per heavy atom. The van der Waals surface area contributed by atoms with Gasteiger partial charge in [0.25, 0.3) is 0 Å². The number of hydrogen-bond acceptors (Lipinski definition) is 2. The quantitative estimate of drug-likeness (QED) is 0.628.